The van der Waals surface area contributed by atoms with Crippen molar-refractivity contribution in [2.75, 3.05) is 0 Å². The molecule has 0 unspecified atom stereocenters. The van der Waals surface area contributed by atoms with Crippen LogP contribution in [0.15, 0.2) is 10.3 Å². The van der Waals surface area contributed by atoms with E-state index in [-0.39, 0.29) is 10.3 Å². The third-order valence-corrected chi connectivity index (χ3v) is 4.66. The monoisotopic (exact) mass is 339 g/mol. The molecule has 0 fully saturated rings. The summed E-state index contributed by atoms with van der Waals surface area (Å²) in [5.41, 5.74) is 0. The van der Waals surface area contributed by atoms with E-state index >= 15 is 0 Å². The molecule has 20 heavy (non-hydrogen) atoms. The van der Waals surface area contributed by atoms with E-state index in [2.05, 4.69) is 10.2 Å². The number of thioether (sulfide) groups is 2. The number of rotatable bonds is 4. The summed E-state index contributed by atoms with van der Waals surface area (Å²) in [5, 5.41) is 3.39. The normalized spacial score (nSPS) is 16.2. The molecule has 116 valence electrons. The van der Waals surface area contributed by atoms with Crippen molar-refractivity contribution in [1.29, 1.82) is 0 Å². The first-order valence-electron chi connectivity index (χ1n) is 5.29. The van der Waals surface area contributed by atoms with Gasteiger partial charge in [-0.1, -0.05) is 23.5 Å². The maximum atomic E-state index is 12.4. The Morgan fingerprint density at radius 3 is 1.40 bits per heavy atom. The van der Waals surface area contributed by atoms with Crippen molar-refractivity contribution >= 4 is 23.5 Å². The van der Waals surface area contributed by atoms with Crippen LogP contribution in [0.2, 0.25) is 0 Å². The zero-order chi connectivity index (χ0) is 15.7. The molecule has 0 aliphatic rings. The highest BCUT2D eigenvalue weighted by molar-refractivity contribution is 8.00. The average Bonchev–Trinajstić information content (AvgIpc) is 2.59. The van der Waals surface area contributed by atoms with Gasteiger partial charge in [-0.3, -0.25) is 0 Å². The van der Waals surface area contributed by atoms with Crippen LogP contribution >= 0.6 is 23.5 Å². The molecule has 0 saturated heterocycles. The van der Waals surface area contributed by atoms with E-state index in [4.69, 9.17) is 0 Å². The highest BCUT2D eigenvalue weighted by Gasteiger charge is 2.39. The van der Waals surface area contributed by atoms with Gasteiger partial charge in [-0.15, -0.1) is 10.2 Å². The van der Waals surface area contributed by atoms with Gasteiger partial charge in [-0.25, -0.2) is 0 Å². The van der Waals surface area contributed by atoms with Gasteiger partial charge in [-0.2, -0.15) is 26.3 Å². The van der Waals surface area contributed by atoms with Gasteiger partial charge >= 0.3 is 12.4 Å². The van der Waals surface area contributed by atoms with E-state index in [1.54, 1.807) is 0 Å². The second-order valence-electron chi connectivity index (χ2n) is 3.93. The largest absolute Gasteiger partial charge is 0.400 e. The molecule has 0 spiro atoms. The molecule has 0 aromatic carbocycles. The molecule has 0 N–H and O–H groups in total. The van der Waals surface area contributed by atoms with Gasteiger partial charge in [-0.05, 0) is 13.8 Å². The minimum atomic E-state index is -4.41. The maximum Gasteiger partial charge on any atom is 0.400 e. The van der Waals surface area contributed by atoms with Crippen LogP contribution in [0.5, 0.6) is 0 Å². The van der Waals surface area contributed by atoms with Crippen LogP contribution in [0.4, 0.5) is 26.3 Å². The number of hydrogen-bond donors (Lipinski definition) is 0. The first-order valence-corrected chi connectivity index (χ1v) is 7.05. The van der Waals surface area contributed by atoms with Crippen LogP contribution in [0.1, 0.15) is 13.8 Å². The molecule has 2 atom stereocenters. The predicted octanol–water partition coefficient (Wildman–Crippen LogP) is 3.90. The van der Waals surface area contributed by atoms with Gasteiger partial charge in [0.15, 0.2) is 10.3 Å². The van der Waals surface area contributed by atoms with Crippen LogP contribution in [0, 0.1) is 0 Å². The lowest BCUT2D eigenvalue weighted by molar-refractivity contribution is -0.126. The van der Waals surface area contributed by atoms with E-state index in [1.165, 1.54) is 7.05 Å². The average molecular weight is 339 g/mol. The maximum absolute atomic E-state index is 12.4. The van der Waals surface area contributed by atoms with Crippen LogP contribution in [-0.4, -0.2) is 37.6 Å². The number of alkyl halides is 6. The Labute approximate surface area is 119 Å². The molecule has 1 rings (SSSR count). The lowest BCUT2D eigenvalue weighted by atomic mass is 10.5. The van der Waals surface area contributed by atoms with E-state index in [9.17, 15) is 26.3 Å². The second-order valence-corrected chi connectivity index (χ2v) is 6.54. The Balaban J connectivity index is 2.80. The third kappa shape index (κ3) is 4.47. The predicted molar refractivity (Wildman–Crippen MR) is 63.8 cm³/mol. The summed E-state index contributed by atoms with van der Waals surface area (Å²) in [5.74, 6) is 0. The Bertz CT molecular complexity index is 416. The zero-order valence-electron chi connectivity index (χ0n) is 10.6. The number of aromatic nitrogens is 3. The summed E-state index contributed by atoms with van der Waals surface area (Å²) < 4.78 is 75.6. The molecule has 0 aliphatic carbocycles. The molecule has 1 heterocycles. The number of hydrogen-bond acceptors (Lipinski definition) is 4. The Morgan fingerprint density at radius 1 is 0.850 bits per heavy atom. The van der Waals surface area contributed by atoms with Crippen molar-refractivity contribution in [3.05, 3.63) is 0 Å². The molecule has 0 aliphatic heterocycles. The Hall–Kier alpha value is -0.580. The van der Waals surface area contributed by atoms with Crippen LogP contribution < -0.4 is 0 Å². The van der Waals surface area contributed by atoms with Crippen molar-refractivity contribution in [3.8, 4) is 0 Å². The molecular weight excluding hydrogens is 328 g/mol. The number of nitrogens with zero attached hydrogens (tertiary/aromatic N) is 3. The van der Waals surface area contributed by atoms with Crippen molar-refractivity contribution in [1.82, 2.24) is 14.8 Å². The molecule has 1 aromatic heterocycles. The fourth-order valence-electron chi connectivity index (χ4n) is 0.957. The summed E-state index contributed by atoms with van der Waals surface area (Å²) in [6.07, 6.45) is -8.83. The fourth-order valence-corrected chi connectivity index (χ4v) is 2.58. The molecule has 0 saturated carbocycles. The SMILES string of the molecule is C[C@H](Sc1nnc(S[C@@H](C)C(F)(F)F)n1C)C(F)(F)F. The Kier molecular flexibility index (Phi) is 5.28. The van der Waals surface area contributed by atoms with E-state index in [0.29, 0.717) is 23.5 Å². The fraction of sp³-hybridized carbons (Fsp3) is 0.778. The highest BCUT2D eigenvalue weighted by atomic mass is 32.2. The van der Waals surface area contributed by atoms with Gasteiger partial charge in [0.05, 0.1) is 0 Å². The second kappa shape index (κ2) is 6.04. The van der Waals surface area contributed by atoms with Crippen LogP contribution in [-0.2, 0) is 7.05 Å². The molecule has 11 heteroatoms. The summed E-state index contributed by atoms with van der Waals surface area (Å²) in [6, 6.07) is 0. The van der Waals surface area contributed by atoms with Crippen molar-refractivity contribution in [3.63, 3.8) is 0 Å². The van der Waals surface area contributed by atoms with E-state index < -0.39 is 22.9 Å². The third-order valence-electron chi connectivity index (χ3n) is 2.28. The summed E-state index contributed by atoms with van der Waals surface area (Å²) in [6.45, 7) is 1.90. The smallest absolute Gasteiger partial charge is 0.300 e. The molecule has 3 nitrogen and oxygen atoms in total. The minimum absolute atomic E-state index is 0.0771. The lowest BCUT2D eigenvalue weighted by Gasteiger charge is -2.15. The first-order chi connectivity index (χ1) is 8.93. The van der Waals surface area contributed by atoms with Crippen molar-refractivity contribution in [2.45, 2.75) is 47.0 Å². The van der Waals surface area contributed by atoms with Gasteiger partial charge < -0.3 is 4.57 Å². The van der Waals surface area contributed by atoms with Crippen molar-refractivity contribution < 1.29 is 26.3 Å². The summed E-state index contributed by atoms with van der Waals surface area (Å²) in [4.78, 5) is 0. The standard InChI is InChI=1S/C9H11F6N3S2/c1-4(8(10,11)12)19-6-16-17-7(18(6)3)20-5(2)9(13,14)15/h4-5H,1-3H3/t4-,5-/m0/s1. The molecule has 0 bridgehead atoms. The zero-order valence-corrected chi connectivity index (χ0v) is 12.2. The minimum Gasteiger partial charge on any atom is -0.300 e. The lowest BCUT2D eigenvalue weighted by Crippen LogP contribution is -2.23. The van der Waals surface area contributed by atoms with Gasteiger partial charge in [0, 0.05) is 7.05 Å². The van der Waals surface area contributed by atoms with Crippen LogP contribution in [0.25, 0.3) is 0 Å². The van der Waals surface area contributed by atoms with E-state index in [0.717, 1.165) is 18.4 Å². The van der Waals surface area contributed by atoms with Gasteiger partial charge in [0.25, 0.3) is 0 Å². The summed E-state index contributed by atoms with van der Waals surface area (Å²) >= 11 is 0.805. The number of halogens is 6. The highest BCUT2D eigenvalue weighted by Crippen LogP contribution is 2.37. The van der Waals surface area contributed by atoms with Gasteiger partial charge in [0.1, 0.15) is 10.5 Å². The van der Waals surface area contributed by atoms with Crippen LogP contribution in [0.3, 0.4) is 0 Å². The first kappa shape index (κ1) is 17.5. The molecular formula is C9H11F6N3S2. The molecule has 0 radical (unpaired) electrons. The van der Waals surface area contributed by atoms with Gasteiger partial charge in [0.2, 0.25) is 0 Å². The Morgan fingerprint density at radius 2 is 1.15 bits per heavy atom. The quantitative estimate of drug-likeness (QED) is 0.615. The summed E-state index contributed by atoms with van der Waals surface area (Å²) in [7, 11) is 1.33. The topological polar surface area (TPSA) is 30.7 Å². The van der Waals surface area contributed by atoms with Crippen molar-refractivity contribution in [2.24, 2.45) is 7.05 Å². The molecule has 0 amide bonds. The molecule has 1 aromatic rings. The van der Waals surface area contributed by atoms with E-state index in [1.807, 2.05) is 0 Å².